The molecule has 0 bridgehead atoms. The molecule has 1 aromatic heterocycles. The molecule has 0 radical (unpaired) electrons. The molecular weight excluding hydrogens is 314 g/mol. The largest absolute Gasteiger partial charge is 0.466 e. The summed E-state index contributed by atoms with van der Waals surface area (Å²) in [5.74, 6) is 0.291. The second kappa shape index (κ2) is 7.36. The Morgan fingerprint density at radius 3 is 2.32 bits per heavy atom. The Hall–Kier alpha value is -2.85. The summed E-state index contributed by atoms with van der Waals surface area (Å²) in [6.07, 6.45) is 1.77. The minimum absolute atomic E-state index is 0.0987. The van der Waals surface area contributed by atoms with Gasteiger partial charge in [-0.15, -0.1) is 0 Å². The van der Waals surface area contributed by atoms with Crippen molar-refractivity contribution in [2.24, 2.45) is 0 Å². The molecule has 0 fully saturated rings. The van der Waals surface area contributed by atoms with Gasteiger partial charge in [-0.05, 0) is 35.7 Å². The lowest BCUT2D eigenvalue weighted by molar-refractivity contribution is -0.121. The molecule has 1 atom stereocenters. The summed E-state index contributed by atoms with van der Waals surface area (Å²) in [5.41, 5.74) is 1.96. The molecule has 3 rings (SSSR count). The molecule has 0 aliphatic heterocycles. The van der Waals surface area contributed by atoms with E-state index >= 15 is 0 Å². The predicted octanol–water partition coefficient (Wildman–Crippen LogP) is 3.51. The highest BCUT2D eigenvalue weighted by Crippen LogP contribution is 2.21. The topological polar surface area (TPSA) is 62.5 Å². The van der Waals surface area contributed by atoms with Crippen molar-refractivity contribution in [2.45, 2.75) is 18.9 Å². The van der Waals surface area contributed by atoms with Crippen molar-refractivity contribution in [2.75, 3.05) is 6.54 Å². The van der Waals surface area contributed by atoms with Crippen LogP contribution in [0.4, 0.5) is 0 Å². The second-order valence-electron chi connectivity index (χ2n) is 6.27. The van der Waals surface area contributed by atoms with E-state index in [0.29, 0.717) is 5.76 Å². The maximum Gasteiger partial charge on any atom is 0.224 e. The summed E-state index contributed by atoms with van der Waals surface area (Å²) < 4.78 is 5.20. The first-order chi connectivity index (χ1) is 12.0. The van der Waals surface area contributed by atoms with Gasteiger partial charge >= 0.3 is 0 Å². The Kier molecular flexibility index (Phi) is 5.00. The Labute approximate surface area is 147 Å². The fourth-order valence-electron chi connectivity index (χ4n) is 2.64. The van der Waals surface area contributed by atoms with E-state index in [1.54, 1.807) is 19.1 Å². The van der Waals surface area contributed by atoms with E-state index in [1.165, 1.54) is 6.26 Å². The maximum absolute atomic E-state index is 12.1. The van der Waals surface area contributed by atoms with Crippen molar-refractivity contribution >= 4 is 5.91 Å². The number of hydrogen-bond acceptors (Lipinski definition) is 3. The Morgan fingerprint density at radius 1 is 1.00 bits per heavy atom. The molecule has 4 heteroatoms. The average molecular weight is 335 g/mol. The van der Waals surface area contributed by atoms with Crippen LogP contribution in [0.3, 0.4) is 0 Å². The molecule has 1 amide bonds. The lowest BCUT2D eigenvalue weighted by Crippen LogP contribution is -2.39. The van der Waals surface area contributed by atoms with Crippen LogP contribution in [-0.2, 0) is 16.8 Å². The lowest BCUT2D eigenvalue weighted by atomic mass is 10.0. The van der Waals surface area contributed by atoms with Gasteiger partial charge < -0.3 is 14.8 Å². The molecule has 2 N–H and O–H groups in total. The van der Waals surface area contributed by atoms with Crippen molar-refractivity contribution in [3.63, 3.8) is 0 Å². The van der Waals surface area contributed by atoms with Gasteiger partial charge in [-0.2, -0.15) is 0 Å². The number of nitrogens with one attached hydrogen (secondary N) is 1. The van der Waals surface area contributed by atoms with Gasteiger partial charge in [0.15, 0.2) is 0 Å². The molecule has 0 spiro atoms. The van der Waals surface area contributed by atoms with Crippen LogP contribution in [0.25, 0.3) is 11.1 Å². The standard InChI is InChI=1S/C21H21NO3/c1-21(24,19-8-5-13-25-19)15-22-20(23)14-16-9-11-18(12-10-16)17-6-3-2-4-7-17/h2-13,24H,14-15H2,1H3,(H,22,23). The van der Waals surface area contributed by atoms with Gasteiger partial charge in [0.25, 0.3) is 0 Å². The zero-order valence-electron chi connectivity index (χ0n) is 14.1. The monoisotopic (exact) mass is 335 g/mol. The van der Waals surface area contributed by atoms with E-state index in [4.69, 9.17) is 4.42 Å². The second-order valence-corrected chi connectivity index (χ2v) is 6.27. The minimum Gasteiger partial charge on any atom is -0.466 e. The van der Waals surface area contributed by atoms with Crippen LogP contribution < -0.4 is 5.32 Å². The lowest BCUT2D eigenvalue weighted by Gasteiger charge is -2.21. The number of benzene rings is 2. The molecule has 25 heavy (non-hydrogen) atoms. The summed E-state index contributed by atoms with van der Waals surface area (Å²) >= 11 is 0. The number of carbonyl (C=O) groups is 1. The Bertz CT molecular complexity index is 806. The maximum atomic E-state index is 12.1. The van der Waals surface area contributed by atoms with Gasteiger partial charge in [0, 0.05) is 0 Å². The van der Waals surface area contributed by atoms with Crippen LogP contribution in [0.15, 0.2) is 77.4 Å². The number of hydrogen-bond donors (Lipinski definition) is 2. The van der Waals surface area contributed by atoms with Crippen LogP contribution in [0.1, 0.15) is 18.2 Å². The molecule has 0 saturated carbocycles. The number of carbonyl (C=O) groups excluding carboxylic acids is 1. The van der Waals surface area contributed by atoms with Crippen molar-refractivity contribution < 1.29 is 14.3 Å². The summed E-state index contributed by atoms with van der Waals surface area (Å²) in [6.45, 7) is 1.71. The summed E-state index contributed by atoms with van der Waals surface area (Å²) in [5, 5.41) is 13.1. The molecule has 4 nitrogen and oxygen atoms in total. The molecule has 1 unspecified atom stereocenters. The van der Waals surface area contributed by atoms with Gasteiger partial charge in [0.1, 0.15) is 11.4 Å². The van der Waals surface area contributed by atoms with Gasteiger partial charge in [-0.1, -0.05) is 54.6 Å². The number of rotatable bonds is 6. The third-order valence-electron chi connectivity index (χ3n) is 4.11. The van der Waals surface area contributed by atoms with Gasteiger partial charge in [-0.3, -0.25) is 4.79 Å². The Morgan fingerprint density at radius 2 is 1.68 bits per heavy atom. The molecule has 0 aliphatic rings. The zero-order chi connectivity index (χ0) is 17.7. The average Bonchev–Trinajstić information content (AvgIpc) is 3.17. The first-order valence-corrected chi connectivity index (χ1v) is 8.22. The van der Waals surface area contributed by atoms with Crippen LogP contribution in [0.2, 0.25) is 0 Å². The number of amides is 1. The normalized spacial score (nSPS) is 13.2. The minimum atomic E-state index is -1.23. The SMILES string of the molecule is CC(O)(CNC(=O)Cc1ccc(-c2ccccc2)cc1)c1ccco1. The highest BCUT2D eigenvalue weighted by molar-refractivity contribution is 5.79. The summed E-state index contributed by atoms with van der Waals surface area (Å²) in [6, 6.07) is 21.4. The summed E-state index contributed by atoms with van der Waals surface area (Å²) in [7, 11) is 0. The highest BCUT2D eigenvalue weighted by Gasteiger charge is 2.26. The quantitative estimate of drug-likeness (QED) is 0.724. The van der Waals surface area contributed by atoms with E-state index in [0.717, 1.165) is 16.7 Å². The van der Waals surface area contributed by atoms with Gasteiger partial charge in [0.2, 0.25) is 5.91 Å². The highest BCUT2D eigenvalue weighted by atomic mass is 16.4. The molecule has 0 aliphatic carbocycles. The Balaban J connectivity index is 1.56. The molecule has 3 aromatic rings. The number of aliphatic hydroxyl groups is 1. The third-order valence-corrected chi connectivity index (χ3v) is 4.11. The van der Waals surface area contributed by atoms with Gasteiger partial charge in [0.05, 0.1) is 19.2 Å². The van der Waals surface area contributed by atoms with Crippen LogP contribution >= 0.6 is 0 Å². The molecule has 0 saturated heterocycles. The number of furan rings is 1. The van der Waals surface area contributed by atoms with Crippen molar-refractivity contribution in [1.29, 1.82) is 0 Å². The first-order valence-electron chi connectivity index (χ1n) is 8.22. The molecular formula is C21H21NO3. The smallest absolute Gasteiger partial charge is 0.224 e. The van der Waals surface area contributed by atoms with Crippen LogP contribution in [0.5, 0.6) is 0 Å². The van der Waals surface area contributed by atoms with E-state index in [2.05, 4.69) is 17.4 Å². The van der Waals surface area contributed by atoms with Crippen LogP contribution in [0, 0.1) is 0 Å². The van der Waals surface area contributed by atoms with Crippen molar-refractivity contribution in [3.8, 4) is 11.1 Å². The van der Waals surface area contributed by atoms with E-state index < -0.39 is 5.60 Å². The van der Waals surface area contributed by atoms with E-state index in [1.807, 2.05) is 42.5 Å². The fraction of sp³-hybridized carbons (Fsp3) is 0.190. The predicted molar refractivity (Wildman–Crippen MR) is 96.9 cm³/mol. The van der Waals surface area contributed by atoms with E-state index in [9.17, 15) is 9.90 Å². The fourth-order valence-corrected chi connectivity index (χ4v) is 2.64. The van der Waals surface area contributed by atoms with Crippen molar-refractivity contribution in [3.05, 3.63) is 84.3 Å². The summed E-state index contributed by atoms with van der Waals surface area (Å²) in [4.78, 5) is 12.1. The van der Waals surface area contributed by atoms with E-state index in [-0.39, 0.29) is 18.9 Å². The first kappa shape index (κ1) is 17.0. The van der Waals surface area contributed by atoms with Gasteiger partial charge in [-0.25, -0.2) is 0 Å². The molecule has 1 heterocycles. The zero-order valence-corrected chi connectivity index (χ0v) is 14.1. The molecule has 128 valence electrons. The molecule has 2 aromatic carbocycles. The third kappa shape index (κ3) is 4.37. The van der Waals surface area contributed by atoms with Crippen LogP contribution in [-0.4, -0.2) is 17.6 Å². The van der Waals surface area contributed by atoms with Crippen molar-refractivity contribution in [1.82, 2.24) is 5.32 Å².